The number of piperazine rings is 1. The van der Waals surface area contributed by atoms with E-state index in [1.807, 2.05) is 37.8 Å². The predicted octanol–water partition coefficient (Wildman–Crippen LogP) is 4.33. The molecule has 134 valence electrons. The number of pyridine rings is 1. The summed E-state index contributed by atoms with van der Waals surface area (Å²) in [7, 11) is 0. The van der Waals surface area contributed by atoms with Crippen molar-refractivity contribution in [2.45, 2.75) is 39.3 Å². The van der Waals surface area contributed by atoms with Gasteiger partial charge in [-0.2, -0.15) is 0 Å². The van der Waals surface area contributed by atoms with Gasteiger partial charge in [0, 0.05) is 42.9 Å². The minimum absolute atomic E-state index is 0.0836. The molecule has 0 aliphatic carbocycles. The zero-order valence-electron chi connectivity index (χ0n) is 15.1. The van der Waals surface area contributed by atoms with Crippen molar-refractivity contribution in [1.29, 1.82) is 0 Å². The third-order valence-electron chi connectivity index (χ3n) is 4.32. The Morgan fingerprint density at radius 1 is 1.28 bits per heavy atom. The minimum Gasteiger partial charge on any atom is -0.444 e. The number of benzene rings is 1. The number of carbonyl (C=O) groups excluding carboxylic acids is 1. The molecular weight excluding hydrogens is 338 g/mol. The number of nitrogens with zero attached hydrogens (tertiary/aromatic N) is 3. The smallest absolute Gasteiger partial charge is 0.410 e. The predicted molar refractivity (Wildman–Crippen MR) is 101 cm³/mol. The maximum atomic E-state index is 12.3. The quantitative estimate of drug-likeness (QED) is 0.709. The maximum Gasteiger partial charge on any atom is 0.410 e. The molecule has 1 atom stereocenters. The first kappa shape index (κ1) is 17.8. The van der Waals surface area contributed by atoms with Crippen molar-refractivity contribution < 1.29 is 9.53 Å². The summed E-state index contributed by atoms with van der Waals surface area (Å²) < 4.78 is 5.51. The molecule has 2 heterocycles. The van der Waals surface area contributed by atoms with Crippen molar-refractivity contribution in [2.24, 2.45) is 0 Å². The standard InChI is InChI=1S/C19H24ClN3O2/c1-13-12-22(9-10-23(13)18(24)25-19(2,3)4)15-5-6-16-14(11-15)7-8-21-17(16)20/h5-8,11,13H,9-10,12H2,1-4H3. The van der Waals surface area contributed by atoms with E-state index in [9.17, 15) is 4.79 Å². The van der Waals surface area contributed by atoms with Crippen LogP contribution in [0.15, 0.2) is 30.5 Å². The third-order valence-corrected chi connectivity index (χ3v) is 4.62. The van der Waals surface area contributed by atoms with Gasteiger partial charge in [-0.3, -0.25) is 0 Å². The van der Waals surface area contributed by atoms with E-state index in [1.54, 1.807) is 6.20 Å². The molecule has 0 N–H and O–H groups in total. The van der Waals surface area contributed by atoms with E-state index >= 15 is 0 Å². The normalized spacial score (nSPS) is 18.5. The Labute approximate surface area is 153 Å². The molecule has 1 aliphatic heterocycles. The third kappa shape index (κ3) is 3.98. The van der Waals surface area contributed by atoms with Gasteiger partial charge in [0.25, 0.3) is 0 Å². The summed E-state index contributed by atoms with van der Waals surface area (Å²) in [6.07, 6.45) is 1.48. The summed E-state index contributed by atoms with van der Waals surface area (Å²) in [5, 5.41) is 2.54. The Kier molecular flexibility index (Phi) is 4.78. The lowest BCUT2D eigenvalue weighted by atomic mass is 10.1. The first-order valence-corrected chi connectivity index (χ1v) is 8.91. The van der Waals surface area contributed by atoms with Crippen molar-refractivity contribution in [3.63, 3.8) is 0 Å². The molecule has 0 saturated carbocycles. The highest BCUT2D eigenvalue weighted by atomic mass is 35.5. The van der Waals surface area contributed by atoms with Crippen LogP contribution < -0.4 is 4.90 Å². The second kappa shape index (κ2) is 6.71. The summed E-state index contributed by atoms with van der Waals surface area (Å²) in [6.45, 7) is 9.91. The summed E-state index contributed by atoms with van der Waals surface area (Å²) in [4.78, 5) is 20.6. The van der Waals surface area contributed by atoms with E-state index in [0.717, 1.165) is 29.5 Å². The van der Waals surface area contributed by atoms with E-state index < -0.39 is 5.60 Å². The number of hydrogen-bond donors (Lipinski definition) is 0. The van der Waals surface area contributed by atoms with Gasteiger partial charge in [-0.25, -0.2) is 9.78 Å². The number of amides is 1. The van der Waals surface area contributed by atoms with Gasteiger partial charge in [0.1, 0.15) is 10.8 Å². The maximum absolute atomic E-state index is 12.3. The van der Waals surface area contributed by atoms with Crippen LogP contribution in [0, 0.1) is 0 Å². The lowest BCUT2D eigenvalue weighted by Crippen LogP contribution is -2.55. The lowest BCUT2D eigenvalue weighted by Gasteiger charge is -2.41. The first-order valence-electron chi connectivity index (χ1n) is 8.53. The van der Waals surface area contributed by atoms with E-state index in [1.165, 1.54) is 0 Å². The van der Waals surface area contributed by atoms with E-state index in [2.05, 4.69) is 28.9 Å². The molecule has 1 aliphatic rings. The number of halogens is 1. The Hall–Kier alpha value is -2.01. The van der Waals surface area contributed by atoms with E-state index in [0.29, 0.717) is 11.7 Å². The van der Waals surface area contributed by atoms with Crippen LogP contribution in [0.5, 0.6) is 0 Å². The van der Waals surface area contributed by atoms with Crippen molar-refractivity contribution in [3.8, 4) is 0 Å². The van der Waals surface area contributed by atoms with Crippen molar-refractivity contribution in [2.75, 3.05) is 24.5 Å². The van der Waals surface area contributed by atoms with Crippen molar-refractivity contribution in [3.05, 3.63) is 35.6 Å². The second-order valence-electron chi connectivity index (χ2n) is 7.48. The fraction of sp³-hybridized carbons (Fsp3) is 0.474. The van der Waals surface area contributed by atoms with Crippen LogP contribution in [-0.2, 0) is 4.74 Å². The lowest BCUT2D eigenvalue weighted by molar-refractivity contribution is 0.0159. The molecule has 0 bridgehead atoms. The van der Waals surface area contributed by atoms with Crippen LogP contribution in [0.4, 0.5) is 10.5 Å². The highest BCUT2D eigenvalue weighted by molar-refractivity contribution is 6.34. The van der Waals surface area contributed by atoms with Gasteiger partial charge in [-0.15, -0.1) is 0 Å². The molecule has 3 rings (SSSR count). The van der Waals surface area contributed by atoms with Crippen LogP contribution in [0.3, 0.4) is 0 Å². The highest BCUT2D eigenvalue weighted by Crippen LogP contribution is 2.27. The Bertz CT molecular complexity index is 788. The molecule has 6 heteroatoms. The molecule has 1 aromatic carbocycles. The molecular formula is C19H24ClN3O2. The van der Waals surface area contributed by atoms with Gasteiger partial charge in [-0.05, 0) is 57.3 Å². The zero-order valence-corrected chi connectivity index (χ0v) is 15.9. The van der Waals surface area contributed by atoms with Gasteiger partial charge < -0.3 is 14.5 Å². The first-order chi connectivity index (χ1) is 11.7. The molecule has 1 aromatic heterocycles. The largest absolute Gasteiger partial charge is 0.444 e. The average molecular weight is 362 g/mol. The van der Waals surface area contributed by atoms with Gasteiger partial charge in [0.2, 0.25) is 0 Å². The monoisotopic (exact) mass is 361 g/mol. The summed E-state index contributed by atoms with van der Waals surface area (Å²) >= 11 is 6.14. The van der Waals surface area contributed by atoms with Crippen molar-refractivity contribution in [1.82, 2.24) is 9.88 Å². The average Bonchev–Trinajstić information content (AvgIpc) is 2.53. The molecule has 2 aromatic rings. The SMILES string of the molecule is CC1CN(c2ccc3c(Cl)nccc3c2)CCN1C(=O)OC(C)(C)C. The van der Waals surface area contributed by atoms with Crippen molar-refractivity contribution >= 4 is 34.2 Å². The van der Waals surface area contributed by atoms with E-state index in [-0.39, 0.29) is 12.1 Å². The number of carbonyl (C=O) groups is 1. The number of ether oxygens (including phenoxy) is 1. The molecule has 1 saturated heterocycles. The molecule has 0 spiro atoms. The number of aromatic nitrogens is 1. The van der Waals surface area contributed by atoms with Crippen LogP contribution in [0.1, 0.15) is 27.7 Å². The van der Waals surface area contributed by atoms with Crippen LogP contribution in [0.25, 0.3) is 10.8 Å². The van der Waals surface area contributed by atoms with E-state index in [4.69, 9.17) is 16.3 Å². The summed E-state index contributed by atoms with van der Waals surface area (Å²) in [6, 6.07) is 8.24. The van der Waals surface area contributed by atoms with Gasteiger partial charge in [-0.1, -0.05) is 11.6 Å². The molecule has 1 amide bonds. The molecule has 1 fully saturated rings. The number of fused-ring (bicyclic) bond motifs is 1. The number of hydrogen-bond acceptors (Lipinski definition) is 4. The fourth-order valence-electron chi connectivity index (χ4n) is 3.11. The molecule has 25 heavy (non-hydrogen) atoms. The molecule has 0 radical (unpaired) electrons. The Morgan fingerprint density at radius 2 is 2.04 bits per heavy atom. The highest BCUT2D eigenvalue weighted by Gasteiger charge is 2.30. The Morgan fingerprint density at radius 3 is 2.72 bits per heavy atom. The zero-order chi connectivity index (χ0) is 18.2. The summed E-state index contributed by atoms with van der Waals surface area (Å²) in [5.74, 6) is 0. The van der Waals surface area contributed by atoms with Crippen LogP contribution >= 0.6 is 11.6 Å². The fourth-order valence-corrected chi connectivity index (χ4v) is 3.34. The van der Waals surface area contributed by atoms with Gasteiger partial charge in [0.15, 0.2) is 0 Å². The topological polar surface area (TPSA) is 45.7 Å². The molecule has 1 unspecified atom stereocenters. The Balaban J connectivity index is 1.74. The summed E-state index contributed by atoms with van der Waals surface area (Å²) in [5.41, 5.74) is 0.657. The number of anilines is 1. The molecule has 5 nitrogen and oxygen atoms in total. The minimum atomic E-state index is -0.473. The van der Waals surface area contributed by atoms with Gasteiger partial charge in [0.05, 0.1) is 0 Å². The number of rotatable bonds is 1. The van der Waals surface area contributed by atoms with Gasteiger partial charge >= 0.3 is 6.09 Å². The van der Waals surface area contributed by atoms with Crippen LogP contribution in [-0.4, -0.2) is 47.3 Å². The van der Waals surface area contributed by atoms with Crippen LogP contribution in [0.2, 0.25) is 5.15 Å². The second-order valence-corrected chi connectivity index (χ2v) is 7.83.